The van der Waals surface area contributed by atoms with Crippen LogP contribution in [0.3, 0.4) is 0 Å². The molecule has 136 valence electrons. The fourth-order valence-electron chi connectivity index (χ4n) is 4.76. The van der Waals surface area contributed by atoms with Crippen LogP contribution in [0.25, 0.3) is 0 Å². The number of aryl methyl sites for hydroxylation is 1. The first-order valence-electron chi connectivity index (χ1n) is 10.0. The van der Waals surface area contributed by atoms with Gasteiger partial charge in [-0.25, -0.2) is 0 Å². The van der Waals surface area contributed by atoms with E-state index in [9.17, 15) is 4.79 Å². The first kappa shape index (κ1) is 17.3. The second-order valence-corrected chi connectivity index (χ2v) is 8.00. The zero-order valence-corrected chi connectivity index (χ0v) is 15.5. The average molecular weight is 349 g/mol. The number of carbonyl (C=O) groups excluding carboxylic acids is 1. The third-order valence-electron chi connectivity index (χ3n) is 6.02. The van der Waals surface area contributed by atoms with Crippen molar-refractivity contribution in [2.45, 2.75) is 45.1 Å². The highest BCUT2D eigenvalue weighted by Crippen LogP contribution is 2.29. The van der Waals surface area contributed by atoms with E-state index >= 15 is 0 Å². The first-order valence-corrected chi connectivity index (χ1v) is 10.0. The molecule has 1 aliphatic heterocycles. The van der Waals surface area contributed by atoms with Gasteiger partial charge in [-0.05, 0) is 55.7 Å². The number of nitrogens with one attached hydrogen (secondary N) is 1. The van der Waals surface area contributed by atoms with Crippen molar-refractivity contribution in [2.75, 3.05) is 25.0 Å². The smallest absolute Gasteiger partial charge is 0.279 e. The summed E-state index contributed by atoms with van der Waals surface area (Å²) in [5.41, 5.74) is 5.14. The molecular weight excluding hydrogens is 320 g/mol. The molecule has 26 heavy (non-hydrogen) atoms. The third kappa shape index (κ3) is 3.83. The van der Waals surface area contributed by atoms with Crippen LogP contribution in [0.1, 0.15) is 42.4 Å². The van der Waals surface area contributed by atoms with Crippen LogP contribution < -0.4 is 5.32 Å². The van der Waals surface area contributed by atoms with Gasteiger partial charge in [0.15, 0.2) is 6.54 Å². The van der Waals surface area contributed by atoms with Crippen molar-refractivity contribution in [1.82, 2.24) is 0 Å². The van der Waals surface area contributed by atoms with Crippen LogP contribution in [0, 0.1) is 0 Å². The van der Waals surface area contributed by atoms with E-state index < -0.39 is 0 Å². The van der Waals surface area contributed by atoms with Gasteiger partial charge in [0.05, 0.1) is 13.1 Å². The molecule has 0 aromatic heterocycles. The number of amides is 1. The molecule has 0 atom stereocenters. The Balaban J connectivity index is 1.49. The van der Waals surface area contributed by atoms with Crippen LogP contribution in [0.2, 0.25) is 0 Å². The minimum Gasteiger partial charge on any atom is -0.321 e. The van der Waals surface area contributed by atoms with E-state index in [1.54, 1.807) is 0 Å². The molecule has 0 saturated carbocycles. The summed E-state index contributed by atoms with van der Waals surface area (Å²) in [5.74, 6) is 0.170. The summed E-state index contributed by atoms with van der Waals surface area (Å²) in [6, 6.07) is 17.0. The van der Waals surface area contributed by atoms with Gasteiger partial charge >= 0.3 is 0 Å². The van der Waals surface area contributed by atoms with E-state index in [1.807, 2.05) is 0 Å². The van der Waals surface area contributed by atoms with Crippen molar-refractivity contribution in [3.8, 4) is 0 Å². The van der Waals surface area contributed by atoms with E-state index in [4.69, 9.17) is 0 Å². The van der Waals surface area contributed by atoms with Gasteiger partial charge in [-0.1, -0.05) is 42.5 Å². The Labute approximate surface area is 156 Å². The summed E-state index contributed by atoms with van der Waals surface area (Å²) < 4.78 is 0.894. The number of anilines is 1. The molecule has 2 aromatic carbocycles. The number of quaternary nitrogens is 1. The van der Waals surface area contributed by atoms with Crippen molar-refractivity contribution in [1.29, 1.82) is 0 Å². The predicted octanol–water partition coefficient (Wildman–Crippen LogP) is 4.31. The average Bonchev–Trinajstić information content (AvgIpc) is 3.13. The van der Waals surface area contributed by atoms with E-state index in [0.717, 1.165) is 42.6 Å². The highest BCUT2D eigenvalue weighted by Gasteiger charge is 2.33. The number of hydrogen-bond acceptors (Lipinski definition) is 1. The second-order valence-electron chi connectivity index (χ2n) is 8.00. The van der Waals surface area contributed by atoms with Gasteiger partial charge < -0.3 is 9.80 Å². The molecule has 1 amide bonds. The van der Waals surface area contributed by atoms with E-state index in [1.165, 1.54) is 42.4 Å². The number of fused-ring (bicyclic) bond motifs is 1. The number of nitrogens with zero attached hydrogens (tertiary/aromatic N) is 1. The molecule has 2 aliphatic rings. The SMILES string of the molecule is O=C(C[N+]1(Cc2ccccc2)CCCCC1)Nc1cccc2c1CCC2. The molecule has 3 nitrogen and oxygen atoms in total. The molecule has 0 spiro atoms. The summed E-state index contributed by atoms with van der Waals surface area (Å²) in [6.45, 7) is 3.75. The van der Waals surface area contributed by atoms with Crippen LogP contribution >= 0.6 is 0 Å². The molecule has 2 aromatic rings. The number of likely N-dealkylation sites (tertiary alicyclic amines) is 1. The fourth-order valence-corrected chi connectivity index (χ4v) is 4.76. The Morgan fingerprint density at radius 1 is 0.885 bits per heavy atom. The summed E-state index contributed by atoms with van der Waals surface area (Å²) >= 11 is 0. The number of piperidine rings is 1. The lowest BCUT2D eigenvalue weighted by atomic mass is 10.0. The lowest BCUT2D eigenvalue weighted by molar-refractivity contribution is -0.937. The topological polar surface area (TPSA) is 29.1 Å². The Bertz CT molecular complexity index is 763. The second kappa shape index (κ2) is 7.63. The van der Waals surface area contributed by atoms with Crippen molar-refractivity contribution in [2.24, 2.45) is 0 Å². The standard InChI is InChI=1S/C23H28N2O/c26-23(24-22-14-8-12-20-11-7-13-21(20)22)18-25(15-5-2-6-16-25)17-19-9-3-1-4-10-19/h1,3-4,8-10,12,14H,2,5-7,11,13,15-18H2/p+1. The molecule has 1 N–H and O–H groups in total. The maximum absolute atomic E-state index is 12.9. The number of rotatable bonds is 5. The monoisotopic (exact) mass is 349 g/mol. The van der Waals surface area contributed by atoms with Crippen LogP contribution in [-0.4, -0.2) is 30.0 Å². The molecule has 0 bridgehead atoms. The number of carbonyl (C=O) groups is 1. The third-order valence-corrected chi connectivity index (χ3v) is 6.02. The highest BCUT2D eigenvalue weighted by molar-refractivity contribution is 5.92. The van der Waals surface area contributed by atoms with Gasteiger partial charge in [-0.15, -0.1) is 0 Å². The zero-order valence-electron chi connectivity index (χ0n) is 15.5. The Morgan fingerprint density at radius 2 is 1.69 bits per heavy atom. The van der Waals surface area contributed by atoms with E-state index in [0.29, 0.717) is 6.54 Å². The van der Waals surface area contributed by atoms with Crippen LogP contribution in [0.4, 0.5) is 5.69 Å². The summed E-state index contributed by atoms with van der Waals surface area (Å²) in [5, 5.41) is 3.25. The van der Waals surface area contributed by atoms with Gasteiger partial charge in [0.1, 0.15) is 6.54 Å². The molecular formula is C23H29N2O+. The van der Waals surface area contributed by atoms with Crippen LogP contribution in [0.15, 0.2) is 48.5 Å². The molecule has 4 rings (SSSR count). The number of benzene rings is 2. The molecule has 3 heteroatoms. The maximum atomic E-state index is 12.9. The van der Waals surface area contributed by atoms with E-state index in [-0.39, 0.29) is 5.91 Å². The van der Waals surface area contributed by atoms with Crippen molar-refractivity contribution < 1.29 is 9.28 Å². The minimum atomic E-state index is 0.170. The quantitative estimate of drug-likeness (QED) is 0.801. The molecule has 1 heterocycles. The largest absolute Gasteiger partial charge is 0.321 e. The molecule has 1 fully saturated rings. The Morgan fingerprint density at radius 3 is 2.50 bits per heavy atom. The maximum Gasteiger partial charge on any atom is 0.279 e. The van der Waals surface area contributed by atoms with Gasteiger partial charge in [-0.3, -0.25) is 4.79 Å². The van der Waals surface area contributed by atoms with Crippen molar-refractivity contribution >= 4 is 11.6 Å². The summed E-state index contributed by atoms with van der Waals surface area (Å²) in [4.78, 5) is 12.9. The Hall–Kier alpha value is -2.13. The van der Waals surface area contributed by atoms with Gasteiger partial charge in [0.2, 0.25) is 0 Å². The fraction of sp³-hybridized carbons (Fsp3) is 0.435. The van der Waals surface area contributed by atoms with Gasteiger partial charge in [0.25, 0.3) is 5.91 Å². The first-order chi connectivity index (χ1) is 12.7. The molecule has 0 unspecified atom stereocenters. The van der Waals surface area contributed by atoms with Crippen LogP contribution in [0.5, 0.6) is 0 Å². The lowest BCUT2D eigenvalue weighted by Gasteiger charge is -2.41. The summed E-state index contributed by atoms with van der Waals surface area (Å²) in [6.07, 6.45) is 7.18. The normalized spacial score (nSPS) is 18.3. The number of hydrogen-bond donors (Lipinski definition) is 1. The van der Waals surface area contributed by atoms with Crippen molar-refractivity contribution in [3.05, 3.63) is 65.2 Å². The Kier molecular flexibility index (Phi) is 5.07. The minimum absolute atomic E-state index is 0.170. The highest BCUT2D eigenvalue weighted by atomic mass is 16.2. The molecule has 0 radical (unpaired) electrons. The van der Waals surface area contributed by atoms with Crippen LogP contribution in [-0.2, 0) is 24.2 Å². The molecule has 1 aliphatic carbocycles. The zero-order chi connectivity index (χ0) is 17.8. The molecule has 1 saturated heterocycles. The van der Waals surface area contributed by atoms with Gasteiger partial charge in [0, 0.05) is 11.3 Å². The van der Waals surface area contributed by atoms with Gasteiger partial charge in [-0.2, -0.15) is 0 Å². The predicted molar refractivity (Wildman–Crippen MR) is 106 cm³/mol. The van der Waals surface area contributed by atoms with Crippen molar-refractivity contribution in [3.63, 3.8) is 0 Å². The summed E-state index contributed by atoms with van der Waals surface area (Å²) in [7, 11) is 0. The van der Waals surface area contributed by atoms with E-state index in [2.05, 4.69) is 53.8 Å². The lowest BCUT2D eigenvalue weighted by Crippen LogP contribution is -2.54.